The maximum absolute atomic E-state index is 12.1. The number of rotatable bonds is 7. The fraction of sp³-hybridized carbons (Fsp3) is 0.692. The summed E-state index contributed by atoms with van der Waals surface area (Å²) in [5, 5.41) is 21.9. The van der Waals surface area contributed by atoms with E-state index in [0.29, 0.717) is 6.61 Å². The van der Waals surface area contributed by atoms with Crippen LogP contribution in [0.4, 0.5) is 5.82 Å². The molecule has 0 radical (unpaired) electrons. The van der Waals surface area contributed by atoms with E-state index in [-0.39, 0.29) is 18.1 Å². The molecule has 1 aromatic heterocycles. The third kappa shape index (κ3) is 3.55. The molecule has 6 N–H and O–H groups in total. The first-order valence-corrected chi connectivity index (χ1v) is 7.24. The zero-order chi connectivity index (χ0) is 16.1. The Morgan fingerprint density at radius 1 is 1.64 bits per heavy atom. The van der Waals surface area contributed by atoms with E-state index in [1.54, 1.807) is 0 Å². The number of hydrogen-bond acceptors (Lipinski definition) is 7. The summed E-state index contributed by atoms with van der Waals surface area (Å²) in [5.41, 5.74) is 5.63. The Morgan fingerprint density at radius 2 is 2.41 bits per heavy atom. The van der Waals surface area contributed by atoms with Gasteiger partial charge in [0.1, 0.15) is 24.1 Å². The average Bonchev–Trinajstić information content (AvgIpc) is 3.05. The molecule has 9 nitrogen and oxygen atoms in total. The van der Waals surface area contributed by atoms with E-state index >= 15 is 0 Å². The van der Waals surface area contributed by atoms with Gasteiger partial charge < -0.3 is 35.7 Å². The lowest BCUT2D eigenvalue weighted by Gasteiger charge is -2.21. The molecule has 22 heavy (non-hydrogen) atoms. The lowest BCUT2D eigenvalue weighted by atomic mass is 10.1. The van der Waals surface area contributed by atoms with Crippen molar-refractivity contribution in [2.75, 3.05) is 18.9 Å². The smallest absolute Gasteiger partial charge is 0.275 e. The molecule has 1 fully saturated rings. The number of aromatic nitrogens is 2. The Hall–Kier alpha value is -1.68. The molecule has 4 atom stereocenters. The van der Waals surface area contributed by atoms with Gasteiger partial charge in [0, 0.05) is 6.61 Å². The maximum atomic E-state index is 12.1. The van der Waals surface area contributed by atoms with Gasteiger partial charge in [-0.25, -0.2) is 4.98 Å². The molecule has 0 bridgehead atoms. The predicted molar refractivity (Wildman–Crippen MR) is 76.9 cm³/mol. The van der Waals surface area contributed by atoms with Crippen LogP contribution in [0.15, 0.2) is 6.33 Å². The van der Waals surface area contributed by atoms with Gasteiger partial charge in [-0.05, 0) is 6.42 Å². The fourth-order valence-corrected chi connectivity index (χ4v) is 2.24. The number of nitrogens with two attached hydrogens (primary N) is 1. The van der Waals surface area contributed by atoms with E-state index in [9.17, 15) is 15.0 Å². The van der Waals surface area contributed by atoms with Gasteiger partial charge >= 0.3 is 0 Å². The molecule has 0 aliphatic carbocycles. The summed E-state index contributed by atoms with van der Waals surface area (Å²) in [5.74, 6) is -0.406. The van der Waals surface area contributed by atoms with Crippen molar-refractivity contribution >= 4 is 11.7 Å². The highest BCUT2D eigenvalue weighted by Gasteiger charge is 2.45. The summed E-state index contributed by atoms with van der Waals surface area (Å²) in [6.07, 6.45) is -0.411. The first-order chi connectivity index (χ1) is 10.6. The van der Waals surface area contributed by atoms with Crippen LogP contribution in [0.1, 0.15) is 30.3 Å². The minimum absolute atomic E-state index is 0.0397. The molecular formula is C13H22N4O5. The molecule has 1 aliphatic heterocycles. The van der Waals surface area contributed by atoms with Crippen molar-refractivity contribution in [3.63, 3.8) is 0 Å². The third-order valence-corrected chi connectivity index (χ3v) is 3.48. The molecule has 0 saturated carbocycles. The summed E-state index contributed by atoms with van der Waals surface area (Å²) in [6, 6.07) is 0. The number of nitrogens with one attached hydrogen (secondary N) is 2. The Bertz CT molecular complexity index is 495. The molecule has 1 amide bonds. The molecule has 0 unspecified atom stereocenters. The molecular weight excluding hydrogens is 292 g/mol. The number of aliphatic hydroxyl groups is 2. The number of carbonyl (C=O) groups is 1. The number of ether oxygens (including phenoxy) is 2. The Balaban J connectivity index is 2.02. The van der Waals surface area contributed by atoms with E-state index in [2.05, 4.69) is 15.3 Å². The molecule has 124 valence electrons. The lowest BCUT2D eigenvalue weighted by molar-refractivity contribution is -0.0476. The van der Waals surface area contributed by atoms with Crippen LogP contribution in [-0.4, -0.2) is 63.8 Å². The second kappa shape index (κ2) is 7.54. The van der Waals surface area contributed by atoms with Gasteiger partial charge in [0.2, 0.25) is 0 Å². The molecule has 1 aromatic rings. The first kappa shape index (κ1) is 16.7. The highest BCUT2D eigenvalue weighted by molar-refractivity contribution is 5.96. The van der Waals surface area contributed by atoms with Crippen molar-refractivity contribution in [1.82, 2.24) is 15.3 Å². The van der Waals surface area contributed by atoms with Crippen LogP contribution >= 0.6 is 0 Å². The molecule has 0 aromatic carbocycles. The van der Waals surface area contributed by atoms with Crippen LogP contribution in [-0.2, 0) is 9.47 Å². The zero-order valence-electron chi connectivity index (χ0n) is 12.4. The number of H-pyrrole nitrogens is 1. The van der Waals surface area contributed by atoms with Gasteiger partial charge in [-0.3, -0.25) is 4.79 Å². The van der Waals surface area contributed by atoms with Crippen molar-refractivity contribution in [2.45, 2.75) is 44.3 Å². The molecule has 9 heteroatoms. The van der Waals surface area contributed by atoms with Gasteiger partial charge in [0.15, 0.2) is 11.9 Å². The van der Waals surface area contributed by atoms with Gasteiger partial charge in [0.05, 0.1) is 12.9 Å². The summed E-state index contributed by atoms with van der Waals surface area (Å²) in [6.45, 7) is 2.07. The number of anilines is 1. The number of nitrogen functional groups attached to an aromatic ring is 1. The van der Waals surface area contributed by atoms with Crippen molar-refractivity contribution < 1.29 is 24.5 Å². The highest BCUT2D eigenvalue weighted by Crippen LogP contribution is 2.23. The van der Waals surface area contributed by atoms with Crippen LogP contribution in [0.25, 0.3) is 0 Å². The SMILES string of the molecule is CCCCO[C@@H]1[C@H](O)[C@@H](CO)O[C@H]1NC(=O)c1nc[nH]c1N. The van der Waals surface area contributed by atoms with Crippen molar-refractivity contribution in [3.8, 4) is 0 Å². The Kier molecular flexibility index (Phi) is 5.72. The normalized spacial score (nSPS) is 28.0. The van der Waals surface area contributed by atoms with Gasteiger partial charge in [-0.2, -0.15) is 0 Å². The number of aromatic amines is 1. The number of nitrogens with zero attached hydrogens (tertiary/aromatic N) is 1. The largest absolute Gasteiger partial charge is 0.394 e. The standard InChI is InChI=1S/C13H22N4O5/c1-2-3-4-21-10-9(19)7(5-18)22-13(10)17-12(20)8-11(14)16-6-15-8/h6-7,9-10,13,18-19H,2-5,14H2,1H3,(H,15,16)(H,17,20)/t7-,9-,10-,13-/m1/s1. The average molecular weight is 314 g/mol. The quantitative estimate of drug-likeness (QED) is 0.405. The van der Waals surface area contributed by atoms with E-state index in [1.807, 2.05) is 6.92 Å². The molecule has 0 spiro atoms. The molecule has 1 aliphatic rings. The molecule has 2 heterocycles. The van der Waals surface area contributed by atoms with Crippen LogP contribution in [0.3, 0.4) is 0 Å². The van der Waals surface area contributed by atoms with Crippen LogP contribution in [0.5, 0.6) is 0 Å². The van der Waals surface area contributed by atoms with Crippen LogP contribution in [0, 0.1) is 0 Å². The monoisotopic (exact) mass is 314 g/mol. The third-order valence-electron chi connectivity index (χ3n) is 3.48. The van der Waals surface area contributed by atoms with Gasteiger partial charge in [0.25, 0.3) is 5.91 Å². The number of unbranched alkanes of at least 4 members (excludes halogenated alkanes) is 1. The summed E-state index contributed by atoms with van der Waals surface area (Å²) in [7, 11) is 0. The van der Waals surface area contributed by atoms with Crippen molar-refractivity contribution in [1.29, 1.82) is 0 Å². The minimum Gasteiger partial charge on any atom is -0.394 e. The number of amides is 1. The predicted octanol–water partition coefficient (Wildman–Crippen LogP) is -1.01. The topological polar surface area (TPSA) is 143 Å². The maximum Gasteiger partial charge on any atom is 0.275 e. The van der Waals surface area contributed by atoms with Crippen LogP contribution in [0.2, 0.25) is 0 Å². The highest BCUT2D eigenvalue weighted by atomic mass is 16.6. The molecule has 2 rings (SSSR count). The number of hydrogen-bond donors (Lipinski definition) is 5. The van der Waals surface area contributed by atoms with E-state index < -0.39 is 30.4 Å². The Labute approximate surface area is 127 Å². The second-order valence-corrected chi connectivity index (χ2v) is 5.10. The Morgan fingerprint density at radius 3 is 3.00 bits per heavy atom. The van der Waals surface area contributed by atoms with Gasteiger partial charge in [-0.1, -0.05) is 13.3 Å². The molecule has 1 saturated heterocycles. The fourth-order valence-electron chi connectivity index (χ4n) is 2.24. The summed E-state index contributed by atoms with van der Waals surface area (Å²) in [4.78, 5) is 18.5. The van der Waals surface area contributed by atoms with E-state index in [4.69, 9.17) is 15.2 Å². The van der Waals surface area contributed by atoms with Crippen LogP contribution < -0.4 is 11.1 Å². The summed E-state index contributed by atoms with van der Waals surface area (Å²) >= 11 is 0. The first-order valence-electron chi connectivity index (χ1n) is 7.24. The summed E-state index contributed by atoms with van der Waals surface area (Å²) < 4.78 is 11.0. The van der Waals surface area contributed by atoms with E-state index in [0.717, 1.165) is 12.8 Å². The number of aliphatic hydroxyl groups excluding tert-OH is 2. The zero-order valence-corrected chi connectivity index (χ0v) is 12.4. The van der Waals surface area contributed by atoms with Gasteiger partial charge in [-0.15, -0.1) is 0 Å². The van der Waals surface area contributed by atoms with Crippen molar-refractivity contribution in [2.24, 2.45) is 0 Å². The second-order valence-electron chi connectivity index (χ2n) is 5.10. The van der Waals surface area contributed by atoms with Crippen molar-refractivity contribution in [3.05, 3.63) is 12.0 Å². The minimum atomic E-state index is -1.02. The number of imidazole rings is 1. The lowest BCUT2D eigenvalue weighted by Crippen LogP contribution is -2.45. The van der Waals surface area contributed by atoms with E-state index in [1.165, 1.54) is 6.33 Å². The number of carbonyl (C=O) groups excluding carboxylic acids is 1.